The number of ether oxygens (including phenoxy) is 4. The molecule has 0 N–H and O–H groups in total. The second-order valence-electron chi connectivity index (χ2n) is 7.65. The van der Waals surface area contributed by atoms with Gasteiger partial charge in [0.25, 0.3) is 0 Å². The van der Waals surface area contributed by atoms with E-state index in [9.17, 15) is 9.18 Å². The average Bonchev–Trinajstić information content (AvgIpc) is 2.66. The Kier molecular flexibility index (Phi) is 7.88. The summed E-state index contributed by atoms with van der Waals surface area (Å²) >= 11 is 0. The van der Waals surface area contributed by atoms with Gasteiger partial charge in [-0.3, -0.25) is 0 Å². The van der Waals surface area contributed by atoms with E-state index in [2.05, 4.69) is 0 Å². The lowest BCUT2D eigenvalue weighted by molar-refractivity contribution is -0.157. The molecule has 0 atom stereocenters. The highest BCUT2D eigenvalue weighted by molar-refractivity contribution is 5.71. The fourth-order valence-electron chi connectivity index (χ4n) is 2.91. The normalized spacial score (nSPS) is 11.1. The minimum atomic E-state index is -0.540. The van der Waals surface area contributed by atoms with Crippen molar-refractivity contribution in [1.82, 2.24) is 0 Å². The van der Waals surface area contributed by atoms with E-state index in [1.165, 1.54) is 14.2 Å². The van der Waals surface area contributed by atoms with Gasteiger partial charge < -0.3 is 18.9 Å². The summed E-state index contributed by atoms with van der Waals surface area (Å²) in [5.74, 6) is 0.310. The molecule has 5 nitrogen and oxygen atoms in total. The monoisotopic (exact) mass is 404 g/mol. The van der Waals surface area contributed by atoms with Crippen LogP contribution in [-0.2, 0) is 22.4 Å². The van der Waals surface area contributed by atoms with Gasteiger partial charge in [0.05, 0.1) is 14.2 Å². The average molecular weight is 404 g/mol. The Balaban J connectivity index is 1.91. The molecule has 0 saturated carbocycles. The molecule has 2 rings (SSSR count). The van der Waals surface area contributed by atoms with Crippen LogP contribution >= 0.6 is 0 Å². The summed E-state index contributed by atoms with van der Waals surface area (Å²) < 4.78 is 35.5. The van der Waals surface area contributed by atoms with Gasteiger partial charge in [-0.05, 0) is 69.4 Å². The molecule has 29 heavy (non-hydrogen) atoms. The Morgan fingerprint density at radius 1 is 1.03 bits per heavy atom. The van der Waals surface area contributed by atoms with Crippen LogP contribution in [0.2, 0.25) is 0 Å². The second kappa shape index (κ2) is 10.1. The number of aryl methyl sites for hydroxylation is 2. The van der Waals surface area contributed by atoms with Gasteiger partial charge in [-0.15, -0.1) is 0 Å². The van der Waals surface area contributed by atoms with Crippen molar-refractivity contribution in [2.45, 2.75) is 45.6 Å². The van der Waals surface area contributed by atoms with Crippen molar-refractivity contribution in [3.8, 4) is 17.2 Å². The fourth-order valence-corrected chi connectivity index (χ4v) is 2.91. The SMILES string of the molecule is COc1ccc(CCCc2cccc(OCC(=O)OC(C)(C)C)c2)c(F)c1OC. The van der Waals surface area contributed by atoms with Crippen LogP contribution < -0.4 is 14.2 Å². The van der Waals surface area contributed by atoms with Gasteiger partial charge in [0.2, 0.25) is 0 Å². The lowest BCUT2D eigenvalue weighted by atomic mass is 10.0. The standard InChI is InChI=1S/C23H29FO5/c1-23(2,3)29-20(25)15-28-18-11-7-9-16(14-18)8-6-10-17-12-13-19(26-4)22(27-5)21(17)24/h7,9,11-14H,6,8,10,15H2,1-5H3. The number of halogens is 1. The van der Waals surface area contributed by atoms with Crippen molar-refractivity contribution in [3.05, 3.63) is 53.3 Å². The third-order valence-corrected chi connectivity index (χ3v) is 4.15. The molecule has 0 aliphatic carbocycles. The summed E-state index contributed by atoms with van der Waals surface area (Å²) in [5.41, 5.74) is 1.09. The number of methoxy groups -OCH3 is 2. The Bertz CT molecular complexity index is 827. The molecule has 0 unspecified atom stereocenters. The summed E-state index contributed by atoms with van der Waals surface area (Å²) in [6.07, 6.45) is 2.06. The minimum absolute atomic E-state index is 0.127. The summed E-state index contributed by atoms with van der Waals surface area (Å²) in [6.45, 7) is 5.30. The van der Waals surface area contributed by atoms with Crippen LogP contribution in [0.4, 0.5) is 4.39 Å². The maximum Gasteiger partial charge on any atom is 0.344 e. The van der Waals surface area contributed by atoms with Crippen LogP contribution in [0.15, 0.2) is 36.4 Å². The molecule has 0 aromatic heterocycles. The zero-order chi connectivity index (χ0) is 21.4. The Morgan fingerprint density at radius 3 is 2.45 bits per heavy atom. The number of rotatable bonds is 9. The maximum atomic E-state index is 14.5. The third-order valence-electron chi connectivity index (χ3n) is 4.15. The van der Waals surface area contributed by atoms with E-state index in [4.69, 9.17) is 18.9 Å². The van der Waals surface area contributed by atoms with E-state index in [0.29, 0.717) is 23.5 Å². The molecule has 0 bridgehead atoms. The van der Waals surface area contributed by atoms with Gasteiger partial charge >= 0.3 is 5.97 Å². The highest BCUT2D eigenvalue weighted by Gasteiger charge is 2.17. The first kappa shape index (κ1) is 22.5. The van der Waals surface area contributed by atoms with E-state index in [0.717, 1.165) is 18.4 Å². The molecule has 158 valence electrons. The van der Waals surface area contributed by atoms with Crippen molar-refractivity contribution in [1.29, 1.82) is 0 Å². The van der Waals surface area contributed by atoms with E-state index in [-0.39, 0.29) is 18.2 Å². The molecule has 2 aromatic rings. The van der Waals surface area contributed by atoms with Crippen LogP contribution in [0.1, 0.15) is 38.3 Å². The quantitative estimate of drug-likeness (QED) is 0.565. The lowest BCUT2D eigenvalue weighted by Crippen LogP contribution is -2.27. The van der Waals surface area contributed by atoms with E-state index in [1.54, 1.807) is 18.2 Å². The van der Waals surface area contributed by atoms with E-state index >= 15 is 0 Å². The van der Waals surface area contributed by atoms with Crippen LogP contribution in [0.25, 0.3) is 0 Å². The fraction of sp³-hybridized carbons (Fsp3) is 0.435. The van der Waals surface area contributed by atoms with Gasteiger partial charge in [0.15, 0.2) is 23.9 Å². The third kappa shape index (κ3) is 6.97. The van der Waals surface area contributed by atoms with Crippen LogP contribution in [0, 0.1) is 5.82 Å². The number of hydrogen-bond acceptors (Lipinski definition) is 5. The van der Waals surface area contributed by atoms with E-state index < -0.39 is 11.6 Å². The number of hydrogen-bond donors (Lipinski definition) is 0. The molecule has 0 aliphatic heterocycles. The zero-order valence-corrected chi connectivity index (χ0v) is 17.7. The molecule has 0 spiro atoms. The van der Waals surface area contributed by atoms with Gasteiger partial charge in [0, 0.05) is 0 Å². The Morgan fingerprint density at radius 2 is 1.79 bits per heavy atom. The molecule has 0 amide bonds. The van der Waals surface area contributed by atoms with Crippen LogP contribution in [0.3, 0.4) is 0 Å². The van der Waals surface area contributed by atoms with Gasteiger partial charge in [-0.25, -0.2) is 9.18 Å². The van der Waals surface area contributed by atoms with E-state index in [1.807, 2.05) is 39.0 Å². The molecule has 0 radical (unpaired) electrons. The summed E-state index contributed by atoms with van der Waals surface area (Å²) in [4.78, 5) is 11.8. The number of carbonyl (C=O) groups excluding carboxylic acids is 1. The van der Waals surface area contributed by atoms with Crippen molar-refractivity contribution in [3.63, 3.8) is 0 Å². The molecule has 2 aromatic carbocycles. The zero-order valence-electron chi connectivity index (χ0n) is 17.7. The maximum absolute atomic E-state index is 14.5. The van der Waals surface area contributed by atoms with Crippen molar-refractivity contribution >= 4 is 5.97 Å². The van der Waals surface area contributed by atoms with Gasteiger partial charge in [0.1, 0.15) is 11.4 Å². The first-order chi connectivity index (χ1) is 13.7. The molecule has 0 saturated heterocycles. The minimum Gasteiger partial charge on any atom is -0.493 e. The van der Waals surface area contributed by atoms with Crippen LogP contribution in [-0.4, -0.2) is 32.4 Å². The molecular weight excluding hydrogens is 375 g/mol. The van der Waals surface area contributed by atoms with Gasteiger partial charge in [-0.2, -0.15) is 0 Å². The highest BCUT2D eigenvalue weighted by Crippen LogP contribution is 2.32. The summed E-state index contributed by atoms with van der Waals surface area (Å²) in [6, 6.07) is 11.0. The molecule has 0 heterocycles. The number of carbonyl (C=O) groups is 1. The first-order valence-electron chi connectivity index (χ1n) is 9.56. The van der Waals surface area contributed by atoms with Crippen LogP contribution in [0.5, 0.6) is 17.2 Å². The van der Waals surface area contributed by atoms with Crippen molar-refractivity contribution in [2.75, 3.05) is 20.8 Å². The number of benzene rings is 2. The largest absolute Gasteiger partial charge is 0.493 e. The first-order valence-corrected chi connectivity index (χ1v) is 9.56. The lowest BCUT2D eigenvalue weighted by Gasteiger charge is -2.19. The van der Waals surface area contributed by atoms with Crippen molar-refractivity contribution < 1.29 is 28.1 Å². The molecular formula is C23H29FO5. The molecule has 0 aliphatic rings. The molecule has 6 heteroatoms. The second-order valence-corrected chi connectivity index (χ2v) is 7.65. The molecule has 0 fully saturated rings. The predicted molar refractivity (Wildman–Crippen MR) is 109 cm³/mol. The van der Waals surface area contributed by atoms with Crippen molar-refractivity contribution in [2.24, 2.45) is 0 Å². The summed E-state index contributed by atoms with van der Waals surface area (Å²) in [5, 5.41) is 0. The van der Waals surface area contributed by atoms with Gasteiger partial charge in [-0.1, -0.05) is 18.2 Å². The Hall–Kier alpha value is -2.76. The topological polar surface area (TPSA) is 54.0 Å². The summed E-state index contributed by atoms with van der Waals surface area (Å²) in [7, 11) is 2.91. The predicted octanol–water partition coefficient (Wildman–Crippen LogP) is 4.74. The highest BCUT2D eigenvalue weighted by atomic mass is 19.1. The smallest absolute Gasteiger partial charge is 0.344 e. The Labute approximate surface area is 171 Å². The number of esters is 1.